The fraction of sp³-hybridized carbons (Fsp3) is 0.500. The summed E-state index contributed by atoms with van der Waals surface area (Å²) >= 11 is 0. The van der Waals surface area contributed by atoms with Crippen LogP contribution in [0.15, 0.2) is 18.2 Å². The zero-order valence-corrected chi connectivity index (χ0v) is 15.1. The highest BCUT2D eigenvalue weighted by atomic mass is 16.5. The second-order valence-corrected chi connectivity index (χ2v) is 6.39. The molecule has 0 bridgehead atoms. The van der Waals surface area contributed by atoms with Crippen molar-refractivity contribution in [3.63, 3.8) is 0 Å². The van der Waals surface area contributed by atoms with Gasteiger partial charge in [0.1, 0.15) is 5.75 Å². The quantitative estimate of drug-likeness (QED) is 0.822. The molecule has 2 rings (SSSR count). The number of nitrogens with one attached hydrogen (secondary N) is 2. The van der Waals surface area contributed by atoms with Gasteiger partial charge in [0.2, 0.25) is 5.91 Å². The Bertz CT molecular complexity index is 664. The number of hydrogen-bond acceptors (Lipinski definition) is 4. The van der Waals surface area contributed by atoms with Crippen LogP contribution in [0, 0.1) is 0 Å². The maximum absolute atomic E-state index is 12.6. The van der Waals surface area contributed by atoms with Gasteiger partial charge in [-0.1, -0.05) is 0 Å². The lowest BCUT2D eigenvalue weighted by molar-refractivity contribution is -0.147. The fourth-order valence-corrected chi connectivity index (χ4v) is 3.20. The molecule has 1 aromatic rings. The predicted molar refractivity (Wildman–Crippen MR) is 95.5 cm³/mol. The van der Waals surface area contributed by atoms with E-state index < -0.39 is 11.8 Å². The highest BCUT2D eigenvalue weighted by Gasteiger charge is 2.33. The topological polar surface area (TPSA) is 87.7 Å². The molecule has 7 nitrogen and oxygen atoms in total. The van der Waals surface area contributed by atoms with Crippen LogP contribution in [0.25, 0.3) is 0 Å². The molecular formula is C18H25N3O4. The Labute approximate surface area is 147 Å². The number of carbonyl (C=O) groups is 3. The molecule has 3 amide bonds. The highest BCUT2D eigenvalue weighted by Crippen LogP contribution is 2.28. The average Bonchev–Trinajstić information content (AvgIpc) is 2.54. The number of nitrogens with zero attached hydrogens (tertiary/aromatic N) is 1. The van der Waals surface area contributed by atoms with Gasteiger partial charge in [-0.2, -0.15) is 0 Å². The van der Waals surface area contributed by atoms with Crippen molar-refractivity contribution >= 4 is 29.1 Å². The van der Waals surface area contributed by atoms with E-state index in [-0.39, 0.29) is 18.0 Å². The number of piperidine rings is 1. The first-order chi connectivity index (χ1) is 11.8. The number of anilines is 2. The van der Waals surface area contributed by atoms with Gasteiger partial charge >= 0.3 is 11.8 Å². The smallest absolute Gasteiger partial charge is 0.314 e. The van der Waals surface area contributed by atoms with Gasteiger partial charge in [0.05, 0.1) is 12.8 Å². The first-order valence-electron chi connectivity index (χ1n) is 8.42. The maximum Gasteiger partial charge on any atom is 0.314 e. The molecule has 0 saturated carbocycles. The molecule has 1 aliphatic heterocycles. The van der Waals surface area contributed by atoms with Crippen LogP contribution in [0.5, 0.6) is 5.75 Å². The normalized spacial score (nSPS) is 19.9. The van der Waals surface area contributed by atoms with Crippen LogP contribution in [0.2, 0.25) is 0 Å². The second-order valence-electron chi connectivity index (χ2n) is 6.39. The highest BCUT2D eigenvalue weighted by molar-refractivity contribution is 6.39. The van der Waals surface area contributed by atoms with Crippen LogP contribution in [0.1, 0.15) is 40.0 Å². The van der Waals surface area contributed by atoms with Gasteiger partial charge in [-0.3, -0.25) is 14.4 Å². The van der Waals surface area contributed by atoms with E-state index in [9.17, 15) is 14.4 Å². The number of carbonyl (C=O) groups excluding carboxylic acids is 3. The predicted octanol–water partition coefficient (Wildman–Crippen LogP) is 2.38. The molecule has 136 valence electrons. The Morgan fingerprint density at radius 1 is 1.12 bits per heavy atom. The van der Waals surface area contributed by atoms with Gasteiger partial charge < -0.3 is 20.3 Å². The van der Waals surface area contributed by atoms with Gasteiger partial charge in [-0.25, -0.2) is 0 Å². The third kappa shape index (κ3) is 4.49. The molecule has 2 atom stereocenters. The van der Waals surface area contributed by atoms with Crippen molar-refractivity contribution in [3.05, 3.63) is 18.2 Å². The molecule has 1 heterocycles. The van der Waals surface area contributed by atoms with Crippen LogP contribution < -0.4 is 15.4 Å². The average molecular weight is 347 g/mol. The lowest BCUT2D eigenvalue weighted by Crippen LogP contribution is -2.51. The van der Waals surface area contributed by atoms with Crippen molar-refractivity contribution in [2.24, 2.45) is 0 Å². The number of likely N-dealkylation sites (tertiary alicyclic amines) is 1. The van der Waals surface area contributed by atoms with Crippen molar-refractivity contribution in [2.45, 2.75) is 52.1 Å². The molecule has 7 heteroatoms. The number of hydrogen-bond donors (Lipinski definition) is 2. The lowest BCUT2D eigenvalue weighted by atomic mass is 9.97. The third-order valence-electron chi connectivity index (χ3n) is 4.39. The molecule has 0 unspecified atom stereocenters. The maximum atomic E-state index is 12.6. The van der Waals surface area contributed by atoms with Crippen molar-refractivity contribution < 1.29 is 19.1 Å². The molecule has 0 aromatic heterocycles. The summed E-state index contributed by atoms with van der Waals surface area (Å²) in [5.74, 6) is -1.07. The molecule has 25 heavy (non-hydrogen) atoms. The van der Waals surface area contributed by atoms with E-state index >= 15 is 0 Å². The summed E-state index contributed by atoms with van der Waals surface area (Å²) in [4.78, 5) is 37.9. The first-order valence-corrected chi connectivity index (χ1v) is 8.42. The van der Waals surface area contributed by atoms with Gasteiger partial charge in [0, 0.05) is 24.7 Å². The second kappa shape index (κ2) is 8.00. The van der Waals surface area contributed by atoms with E-state index in [4.69, 9.17) is 4.74 Å². The SMILES string of the molecule is COc1ccc(NC(C)=O)cc1NC(=O)C(=O)N1[C@@H](C)CCC[C@@H]1C. The van der Waals surface area contributed by atoms with Crippen molar-refractivity contribution in [1.29, 1.82) is 0 Å². The van der Waals surface area contributed by atoms with E-state index in [1.54, 1.807) is 23.1 Å². The summed E-state index contributed by atoms with van der Waals surface area (Å²) in [6.45, 7) is 5.31. The minimum Gasteiger partial charge on any atom is -0.495 e. The summed E-state index contributed by atoms with van der Waals surface area (Å²) in [5.41, 5.74) is 0.847. The molecule has 0 spiro atoms. The van der Waals surface area contributed by atoms with Crippen LogP contribution in [0.4, 0.5) is 11.4 Å². The van der Waals surface area contributed by atoms with Crippen LogP contribution in [-0.2, 0) is 14.4 Å². The van der Waals surface area contributed by atoms with Gasteiger partial charge in [-0.15, -0.1) is 0 Å². The summed E-state index contributed by atoms with van der Waals surface area (Å²) in [6, 6.07) is 4.92. The zero-order chi connectivity index (χ0) is 18.6. The third-order valence-corrected chi connectivity index (χ3v) is 4.39. The Balaban J connectivity index is 2.18. The molecule has 0 radical (unpaired) electrons. The lowest BCUT2D eigenvalue weighted by Gasteiger charge is -2.38. The molecule has 2 N–H and O–H groups in total. The van der Waals surface area contributed by atoms with Gasteiger partial charge in [0.25, 0.3) is 0 Å². The van der Waals surface area contributed by atoms with Crippen LogP contribution in [0.3, 0.4) is 0 Å². The number of ether oxygens (including phenoxy) is 1. The Hall–Kier alpha value is -2.57. The van der Waals surface area contributed by atoms with Crippen molar-refractivity contribution in [2.75, 3.05) is 17.7 Å². The summed E-state index contributed by atoms with van der Waals surface area (Å²) < 4.78 is 5.22. The van der Waals surface area contributed by atoms with Crippen molar-refractivity contribution in [3.8, 4) is 5.75 Å². The largest absolute Gasteiger partial charge is 0.495 e. The number of rotatable bonds is 3. The summed E-state index contributed by atoms with van der Waals surface area (Å²) in [7, 11) is 1.47. The van der Waals surface area contributed by atoms with Crippen LogP contribution >= 0.6 is 0 Å². The molecule has 1 fully saturated rings. The minimum atomic E-state index is -0.709. The van der Waals surface area contributed by atoms with Crippen LogP contribution in [-0.4, -0.2) is 41.8 Å². The van der Waals surface area contributed by atoms with Crippen molar-refractivity contribution in [1.82, 2.24) is 4.90 Å². The van der Waals surface area contributed by atoms with E-state index in [1.165, 1.54) is 14.0 Å². The Morgan fingerprint density at radius 3 is 2.32 bits per heavy atom. The fourth-order valence-electron chi connectivity index (χ4n) is 3.20. The Morgan fingerprint density at radius 2 is 1.76 bits per heavy atom. The van der Waals surface area contributed by atoms with Gasteiger partial charge in [0.15, 0.2) is 0 Å². The van der Waals surface area contributed by atoms with Gasteiger partial charge in [-0.05, 0) is 51.3 Å². The van der Waals surface area contributed by atoms with E-state index in [0.717, 1.165) is 19.3 Å². The van der Waals surface area contributed by atoms with E-state index in [0.29, 0.717) is 17.1 Å². The Kier molecular flexibility index (Phi) is 6.01. The first kappa shape index (κ1) is 18.8. The summed E-state index contributed by atoms with van der Waals surface area (Å²) in [5, 5.41) is 5.24. The zero-order valence-electron chi connectivity index (χ0n) is 15.1. The van der Waals surface area contributed by atoms with E-state index in [1.807, 2.05) is 13.8 Å². The molecule has 1 saturated heterocycles. The molecule has 1 aromatic carbocycles. The molecule has 1 aliphatic rings. The monoisotopic (exact) mass is 347 g/mol. The number of benzene rings is 1. The summed E-state index contributed by atoms with van der Waals surface area (Å²) in [6.07, 6.45) is 2.84. The number of methoxy groups -OCH3 is 1. The van der Waals surface area contributed by atoms with E-state index in [2.05, 4.69) is 10.6 Å². The molecule has 0 aliphatic carbocycles. The minimum absolute atomic E-state index is 0.0367. The molecular weight excluding hydrogens is 322 g/mol. The standard InChI is InChI=1S/C18H25N3O4/c1-11-6-5-7-12(2)21(11)18(24)17(23)20-15-10-14(19-13(3)22)8-9-16(15)25-4/h8-12H,5-7H2,1-4H3,(H,19,22)(H,20,23)/t11-,12-/m0/s1. The number of amides is 3.